The van der Waals surface area contributed by atoms with Crippen molar-refractivity contribution in [1.82, 2.24) is 9.55 Å². The SMILES string of the molecule is CC(C)c1nc2cc([N+](=O)[O-])ccc2n1CCO. The van der Waals surface area contributed by atoms with Gasteiger partial charge in [-0.1, -0.05) is 13.8 Å². The average molecular weight is 249 g/mol. The van der Waals surface area contributed by atoms with Crippen LogP contribution in [0.3, 0.4) is 0 Å². The molecule has 6 heteroatoms. The van der Waals surface area contributed by atoms with Crippen LogP contribution in [0, 0.1) is 10.1 Å². The van der Waals surface area contributed by atoms with Gasteiger partial charge < -0.3 is 9.67 Å². The zero-order valence-corrected chi connectivity index (χ0v) is 10.3. The predicted molar refractivity (Wildman–Crippen MR) is 67.6 cm³/mol. The average Bonchev–Trinajstić information content (AvgIpc) is 2.68. The minimum atomic E-state index is -0.431. The van der Waals surface area contributed by atoms with E-state index in [1.165, 1.54) is 12.1 Å². The molecule has 0 fully saturated rings. The number of hydrogen-bond acceptors (Lipinski definition) is 4. The van der Waals surface area contributed by atoms with Gasteiger partial charge in [0.05, 0.1) is 22.6 Å². The summed E-state index contributed by atoms with van der Waals surface area (Å²) < 4.78 is 1.91. The number of aromatic nitrogens is 2. The summed E-state index contributed by atoms with van der Waals surface area (Å²) in [5.41, 5.74) is 1.45. The number of aliphatic hydroxyl groups excluding tert-OH is 1. The summed E-state index contributed by atoms with van der Waals surface area (Å²) in [6, 6.07) is 4.61. The lowest BCUT2D eigenvalue weighted by atomic mass is 10.2. The summed E-state index contributed by atoms with van der Waals surface area (Å²) in [6.45, 7) is 4.47. The molecule has 1 heterocycles. The van der Waals surface area contributed by atoms with E-state index < -0.39 is 4.92 Å². The predicted octanol–water partition coefficient (Wildman–Crippen LogP) is 2.06. The van der Waals surface area contributed by atoms with Crippen LogP contribution in [0.4, 0.5) is 5.69 Å². The maximum atomic E-state index is 10.7. The summed E-state index contributed by atoms with van der Waals surface area (Å²) in [7, 11) is 0. The van der Waals surface area contributed by atoms with Crippen LogP contribution in [0.2, 0.25) is 0 Å². The van der Waals surface area contributed by atoms with Crippen molar-refractivity contribution in [3.63, 3.8) is 0 Å². The molecule has 0 unspecified atom stereocenters. The van der Waals surface area contributed by atoms with E-state index in [9.17, 15) is 10.1 Å². The van der Waals surface area contributed by atoms with Crippen molar-refractivity contribution >= 4 is 16.7 Å². The molecule has 0 aliphatic heterocycles. The van der Waals surface area contributed by atoms with Gasteiger partial charge in [-0.3, -0.25) is 10.1 Å². The van der Waals surface area contributed by atoms with Crippen molar-refractivity contribution in [2.45, 2.75) is 26.3 Å². The molecule has 0 spiro atoms. The van der Waals surface area contributed by atoms with Crippen LogP contribution in [-0.2, 0) is 6.54 Å². The monoisotopic (exact) mass is 249 g/mol. The molecule has 1 aromatic heterocycles. The lowest BCUT2D eigenvalue weighted by Crippen LogP contribution is -2.08. The Bertz CT molecular complexity index is 590. The molecule has 0 amide bonds. The van der Waals surface area contributed by atoms with Gasteiger partial charge in [-0.25, -0.2) is 4.98 Å². The Hall–Kier alpha value is -1.95. The van der Waals surface area contributed by atoms with Gasteiger partial charge in [-0.2, -0.15) is 0 Å². The molecule has 18 heavy (non-hydrogen) atoms. The van der Waals surface area contributed by atoms with Crippen molar-refractivity contribution in [1.29, 1.82) is 0 Å². The summed E-state index contributed by atoms with van der Waals surface area (Å²) in [5.74, 6) is 1.03. The topological polar surface area (TPSA) is 81.2 Å². The number of fused-ring (bicyclic) bond motifs is 1. The van der Waals surface area contributed by atoms with E-state index in [-0.39, 0.29) is 18.2 Å². The smallest absolute Gasteiger partial charge is 0.271 e. The van der Waals surface area contributed by atoms with Gasteiger partial charge in [0.1, 0.15) is 5.82 Å². The van der Waals surface area contributed by atoms with Gasteiger partial charge in [0, 0.05) is 24.6 Å². The normalized spacial score (nSPS) is 11.3. The zero-order valence-electron chi connectivity index (χ0n) is 10.3. The molecule has 0 saturated heterocycles. The minimum Gasteiger partial charge on any atom is -0.395 e. The van der Waals surface area contributed by atoms with E-state index >= 15 is 0 Å². The van der Waals surface area contributed by atoms with Crippen molar-refractivity contribution in [3.8, 4) is 0 Å². The summed E-state index contributed by atoms with van der Waals surface area (Å²) in [4.78, 5) is 14.7. The highest BCUT2D eigenvalue weighted by atomic mass is 16.6. The van der Waals surface area contributed by atoms with Crippen LogP contribution in [0.1, 0.15) is 25.6 Å². The van der Waals surface area contributed by atoms with Gasteiger partial charge in [0.25, 0.3) is 5.69 Å². The Morgan fingerprint density at radius 1 is 1.50 bits per heavy atom. The number of nitrogens with zero attached hydrogens (tertiary/aromatic N) is 3. The fourth-order valence-electron chi connectivity index (χ4n) is 2.03. The first kappa shape index (κ1) is 12.5. The third-order valence-corrected chi connectivity index (χ3v) is 2.81. The quantitative estimate of drug-likeness (QED) is 0.664. The Labute approximate surface area is 104 Å². The molecule has 0 aliphatic carbocycles. The van der Waals surface area contributed by atoms with Crippen molar-refractivity contribution in [3.05, 3.63) is 34.1 Å². The van der Waals surface area contributed by atoms with Crippen LogP contribution >= 0.6 is 0 Å². The number of aliphatic hydroxyl groups is 1. The van der Waals surface area contributed by atoms with Gasteiger partial charge in [-0.05, 0) is 6.07 Å². The summed E-state index contributed by atoms with van der Waals surface area (Å²) >= 11 is 0. The summed E-state index contributed by atoms with van der Waals surface area (Å²) in [6.07, 6.45) is 0. The maximum absolute atomic E-state index is 10.7. The second kappa shape index (κ2) is 4.73. The van der Waals surface area contributed by atoms with Gasteiger partial charge in [0.15, 0.2) is 0 Å². The molecule has 6 nitrogen and oxygen atoms in total. The highest BCUT2D eigenvalue weighted by Crippen LogP contribution is 2.25. The van der Waals surface area contributed by atoms with Crippen LogP contribution in [0.15, 0.2) is 18.2 Å². The highest BCUT2D eigenvalue weighted by molar-refractivity contribution is 5.78. The third kappa shape index (κ3) is 2.06. The zero-order chi connectivity index (χ0) is 13.3. The molecule has 0 bridgehead atoms. The number of nitro benzene ring substituents is 1. The number of hydrogen-bond donors (Lipinski definition) is 1. The lowest BCUT2D eigenvalue weighted by Gasteiger charge is -2.09. The number of benzene rings is 1. The molecule has 96 valence electrons. The van der Waals surface area contributed by atoms with E-state index in [1.54, 1.807) is 6.07 Å². The minimum absolute atomic E-state index is 0.0160. The highest BCUT2D eigenvalue weighted by Gasteiger charge is 2.16. The first-order valence-corrected chi connectivity index (χ1v) is 5.80. The van der Waals surface area contributed by atoms with Crippen LogP contribution in [-0.4, -0.2) is 26.2 Å². The number of nitro groups is 1. The van der Waals surface area contributed by atoms with E-state index in [1.807, 2.05) is 18.4 Å². The molecule has 0 radical (unpaired) electrons. The van der Waals surface area contributed by atoms with Crippen LogP contribution in [0.25, 0.3) is 11.0 Å². The van der Waals surface area contributed by atoms with Gasteiger partial charge in [-0.15, -0.1) is 0 Å². The molecule has 0 saturated carbocycles. The van der Waals surface area contributed by atoms with E-state index in [0.717, 1.165) is 11.3 Å². The second-order valence-electron chi connectivity index (χ2n) is 4.43. The van der Waals surface area contributed by atoms with Crippen molar-refractivity contribution in [2.75, 3.05) is 6.61 Å². The molecule has 1 N–H and O–H groups in total. The second-order valence-corrected chi connectivity index (χ2v) is 4.43. The molecular weight excluding hydrogens is 234 g/mol. The first-order chi connectivity index (χ1) is 8.54. The van der Waals surface area contributed by atoms with E-state index in [0.29, 0.717) is 12.1 Å². The lowest BCUT2D eigenvalue weighted by molar-refractivity contribution is -0.384. The Kier molecular flexibility index (Phi) is 3.29. The molecule has 0 atom stereocenters. The molecular formula is C12H15N3O3. The third-order valence-electron chi connectivity index (χ3n) is 2.81. The molecule has 0 aliphatic rings. The van der Waals surface area contributed by atoms with E-state index in [4.69, 9.17) is 5.11 Å². The fraction of sp³-hybridized carbons (Fsp3) is 0.417. The molecule has 2 aromatic rings. The summed E-state index contributed by atoms with van der Waals surface area (Å²) in [5, 5.41) is 19.8. The number of rotatable bonds is 4. The Balaban J connectivity index is 2.64. The fourth-order valence-corrected chi connectivity index (χ4v) is 2.03. The number of imidazole rings is 1. The Morgan fingerprint density at radius 2 is 2.22 bits per heavy atom. The molecule has 1 aromatic carbocycles. The largest absolute Gasteiger partial charge is 0.395 e. The van der Waals surface area contributed by atoms with Crippen LogP contribution in [0.5, 0.6) is 0 Å². The van der Waals surface area contributed by atoms with Crippen LogP contribution < -0.4 is 0 Å². The first-order valence-electron chi connectivity index (χ1n) is 5.80. The van der Waals surface area contributed by atoms with Crippen molar-refractivity contribution in [2.24, 2.45) is 0 Å². The van der Waals surface area contributed by atoms with Gasteiger partial charge >= 0.3 is 0 Å². The van der Waals surface area contributed by atoms with E-state index in [2.05, 4.69) is 4.98 Å². The molecule has 2 rings (SSSR count). The van der Waals surface area contributed by atoms with Gasteiger partial charge in [0.2, 0.25) is 0 Å². The Morgan fingerprint density at radius 3 is 2.78 bits per heavy atom. The van der Waals surface area contributed by atoms with Crippen molar-refractivity contribution < 1.29 is 10.0 Å². The number of non-ortho nitro benzene ring substituents is 1. The maximum Gasteiger partial charge on any atom is 0.271 e. The standard InChI is InChI=1S/C12H15N3O3/c1-8(2)12-13-10-7-9(15(17)18)3-4-11(10)14(12)5-6-16/h3-4,7-8,16H,5-6H2,1-2H3.